The first-order valence-corrected chi connectivity index (χ1v) is 4.54. The molecule has 0 radical (unpaired) electrons. The number of halogens is 3. The molecule has 2 rings (SSSR count). The molecule has 0 amide bonds. The number of carboxylic acid groups (broad SMARTS) is 1. The minimum Gasteiger partial charge on any atom is -0.475 e. The van der Waals surface area contributed by atoms with Crippen LogP contribution in [0.3, 0.4) is 0 Å². The number of carbonyl (C=O) groups excluding carboxylic acids is 1. The molecule has 0 aliphatic carbocycles. The lowest BCUT2D eigenvalue weighted by Crippen LogP contribution is -2.21. The quantitative estimate of drug-likeness (QED) is 0.793. The van der Waals surface area contributed by atoms with Crippen LogP contribution in [0.4, 0.5) is 13.2 Å². The number of aliphatic carboxylic acids is 1. The molecule has 2 aromatic heterocycles. The molecular formula is C10H7F3N2O3. The Bertz CT molecular complexity index is 563. The first kappa shape index (κ1) is 13.7. The van der Waals surface area contributed by atoms with Gasteiger partial charge in [0, 0.05) is 6.20 Å². The minimum absolute atomic E-state index is 0.630. The van der Waals surface area contributed by atoms with Gasteiger partial charge in [0.05, 0.1) is 17.3 Å². The van der Waals surface area contributed by atoms with Crippen LogP contribution in [0.5, 0.6) is 0 Å². The largest absolute Gasteiger partial charge is 0.490 e. The van der Waals surface area contributed by atoms with E-state index in [0.717, 1.165) is 11.8 Å². The predicted molar refractivity (Wildman–Crippen MR) is 54.3 cm³/mol. The van der Waals surface area contributed by atoms with Crippen molar-refractivity contribution in [3.05, 3.63) is 36.2 Å². The van der Waals surface area contributed by atoms with Gasteiger partial charge in [-0.1, -0.05) is 6.07 Å². The summed E-state index contributed by atoms with van der Waals surface area (Å²) in [7, 11) is 0. The Morgan fingerprint density at radius 3 is 2.50 bits per heavy atom. The molecule has 0 aliphatic heterocycles. The molecule has 0 spiro atoms. The third kappa shape index (κ3) is 3.30. The number of aromatic nitrogens is 2. The van der Waals surface area contributed by atoms with Crippen molar-refractivity contribution >= 4 is 17.8 Å². The number of hydrogen-bond donors (Lipinski definition) is 1. The number of carboxylic acids is 1. The molecule has 0 fully saturated rings. The van der Waals surface area contributed by atoms with Gasteiger partial charge in [-0.3, -0.25) is 4.79 Å². The summed E-state index contributed by atoms with van der Waals surface area (Å²) < 4.78 is 33.4. The van der Waals surface area contributed by atoms with E-state index in [2.05, 4.69) is 5.10 Å². The van der Waals surface area contributed by atoms with E-state index in [1.807, 2.05) is 24.4 Å². The van der Waals surface area contributed by atoms with Gasteiger partial charge in [-0.05, 0) is 12.1 Å². The molecule has 2 aromatic rings. The Kier molecular flexibility index (Phi) is 4.03. The van der Waals surface area contributed by atoms with Gasteiger partial charge in [-0.15, -0.1) is 0 Å². The molecule has 0 unspecified atom stereocenters. The molecule has 0 aromatic carbocycles. The molecule has 0 bridgehead atoms. The molecule has 96 valence electrons. The molecular weight excluding hydrogens is 253 g/mol. The topological polar surface area (TPSA) is 71.7 Å². The lowest BCUT2D eigenvalue weighted by molar-refractivity contribution is -0.192. The van der Waals surface area contributed by atoms with Crippen LogP contribution < -0.4 is 0 Å². The summed E-state index contributed by atoms with van der Waals surface area (Å²) >= 11 is 0. The zero-order valence-corrected chi connectivity index (χ0v) is 8.76. The Balaban J connectivity index is 0.000000203. The molecule has 18 heavy (non-hydrogen) atoms. The first-order valence-electron chi connectivity index (χ1n) is 4.54. The smallest absolute Gasteiger partial charge is 0.475 e. The fraction of sp³-hybridized carbons (Fsp3) is 0.100. The normalized spacial score (nSPS) is 10.6. The number of alkyl halides is 3. The van der Waals surface area contributed by atoms with Gasteiger partial charge in [-0.2, -0.15) is 18.3 Å². The zero-order valence-electron chi connectivity index (χ0n) is 8.76. The minimum atomic E-state index is -5.08. The van der Waals surface area contributed by atoms with Crippen LogP contribution in [0.25, 0.3) is 5.52 Å². The Hall–Kier alpha value is -2.38. The monoisotopic (exact) mass is 260 g/mol. The fourth-order valence-corrected chi connectivity index (χ4v) is 1.05. The third-order valence-electron chi connectivity index (χ3n) is 1.83. The van der Waals surface area contributed by atoms with E-state index in [-0.39, 0.29) is 0 Å². The van der Waals surface area contributed by atoms with Crippen molar-refractivity contribution in [1.29, 1.82) is 0 Å². The number of carbonyl (C=O) groups is 2. The van der Waals surface area contributed by atoms with Crippen molar-refractivity contribution in [1.82, 2.24) is 9.61 Å². The number of fused-ring (bicyclic) bond motifs is 1. The van der Waals surface area contributed by atoms with Crippen LogP contribution in [0, 0.1) is 0 Å². The fourth-order valence-electron chi connectivity index (χ4n) is 1.05. The van der Waals surface area contributed by atoms with Crippen molar-refractivity contribution in [3.63, 3.8) is 0 Å². The SMILES string of the molecule is O=C(O)C(F)(F)F.O=Cc1cnn2ccccc12. The van der Waals surface area contributed by atoms with Gasteiger partial charge >= 0.3 is 12.1 Å². The van der Waals surface area contributed by atoms with Crippen LogP contribution in [-0.4, -0.2) is 33.2 Å². The highest BCUT2D eigenvalue weighted by Crippen LogP contribution is 2.13. The summed E-state index contributed by atoms with van der Waals surface area (Å²) in [5, 5.41) is 11.1. The van der Waals surface area contributed by atoms with Crippen molar-refractivity contribution in [3.8, 4) is 0 Å². The summed E-state index contributed by atoms with van der Waals surface area (Å²) in [6.07, 6.45) is -0.910. The van der Waals surface area contributed by atoms with Crippen molar-refractivity contribution in [2.45, 2.75) is 6.18 Å². The molecule has 1 N–H and O–H groups in total. The average molecular weight is 260 g/mol. The first-order chi connectivity index (χ1) is 8.36. The third-order valence-corrected chi connectivity index (χ3v) is 1.83. The van der Waals surface area contributed by atoms with E-state index in [4.69, 9.17) is 9.90 Å². The van der Waals surface area contributed by atoms with E-state index in [1.165, 1.54) is 0 Å². The molecule has 0 saturated heterocycles. The van der Waals surface area contributed by atoms with Gasteiger partial charge in [0.15, 0.2) is 6.29 Å². The Labute approximate surface area is 98.5 Å². The van der Waals surface area contributed by atoms with Crippen LogP contribution in [0.15, 0.2) is 30.6 Å². The lowest BCUT2D eigenvalue weighted by Gasteiger charge is -1.93. The number of nitrogens with zero attached hydrogens (tertiary/aromatic N) is 2. The number of hydrogen-bond acceptors (Lipinski definition) is 3. The summed E-state index contributed by atoms with van der Waals surface area (Å²) in [5.41, 5.74) is 1.48. The second-order valence-corrected chi connectivity index (χ2v) is 3.05. The summed E-state index contributed by atoms with van der Waals surface area (Å²) in [6.45, 7) is 0. The van der Waals surface area contributed by atoms with Gasteiger partial charge in [0.25, 0.3) is 0 Å². The predicted octanol–water partition coefficient (Wildman–Crippen LogP) is 1.78. The second kappa shape index (κ2) is 5.30. The van der Waals surface area contributed by atoms with Gasteiger partial charge in [0.2, 0.25) is 0 Å². The van der Waals surface area contributed by atoms with Gasteiger partial charge < -0.3 is 5.11 Å². The highest BCUT2D eigenvalue weighted by atomic mass is 19.4. The summed E-state index contributed by atoms with van der Waals surface area (Å²) in [5.74, 6) is -2.76. The Morgan fingerprint density at radius 2 is 2.00 bits per heavy atom. The van der Waals surface area contributed by atoms with Crippen molar-refractivity contribution < 1.29 is 27.9 Å². The maximum atomic E-state index is 10.6. The van der Waals surface area contributed by atoms with E-state index in [1.54, 1.807) is 10.7 Å². The summed E-state index contributed by atoms with van der Waals surface area (Å²) in [4.78, 5) is 19.3. The molecule has 0 atom stereocenters. The highest BCUT2D eigenvalue weighted by molar-refractivity contribution is 5.85. The van der Waals surface area contributed by atoms with E-state index in [0.29, 0.717) is 5.56 Å². The second-order valence-electron chi connectivity index (χ2n) is 3.05. The number of aldehydes is 1. The van der Waals surface area contributed by atoms with Crippen LogP contribution in [0.2, 0.25) is 0 Å². The maximum absolute atomic E-state index is 10.6. The van der Waals surface area contributed by atoms with Gasteiger partial charge in [0.1, 0.15) is 0 Å². The van der Waals surface area contributed by atoms with E-state index < -0.39 is 12.1 Å². The standard InChI is InChI=1S/C8H6N2O.C2HF3O2/c11-6-7-5-9-10-4-2-1-3-8(7)10;3-2(4,5)1(6)7/h1-6H;(H,6,7). The molecule has 8 heteroatoms. The molecule has 0 aliphatic rings. The average Bonchev–Trinajstić information content (AvgIpc) is 2.71. The lowest BCUT2D eigenvalue weighted by atomic mass is 10.3. The van der Waals surface area contributed by atoms with Crippen molar-refractivity contribution in [2.24, 2.45) is 0 Å². The summed E-state index contributed by atoms with van der Waals surface area (Å²) in [6, 6.07) is 5.61. The van der Waals surface area contributed by atoms with Gasteiger partial charge in [-0.25, -0.2) is 9.31 Å². The molecule has 0 saturated carbocycles. The van der Waals surface area contributed by atoms with Crippen LogP contribution in [0.1, 0.15) is 10.4 Å². The maximum Gasteiger partial charge on any atom is 0.490 e. The van der Waals surface area contributed by atoms with E-state index in [9.17, 15) is 18.0 Å². The molecule has 5 nitrogen and oxygen atoms in total. The van der Waals surface area contributed by atoms with Crippen molar-refractivity contribution in [2.75, 3.05) is 0 Å². The zero-order chi connectivity index (χ0) is 13.8. The molecule has 2 heterocycles. The number of rotatable bonds is 1. The van der Waals surface area contributed by atoms with Crippen LogP contribution in [-0.2, 0) is 4.79 Å². The Morgan fingerprint density at radius 1 is 1.39 bits per heavy atom. The van der Waals surface area contributed by atoms with Crippen LogP contribution >= 0.6 is 0 Å². The van der Waals surface area contributed by atoms with E-state index >= 15 is 0 Å². The number of pyridine rings is 1. The highest BCUT2D eigenvalue weighted by Gasteiger charge is 2.38.